The molecule has 1 unspecified atom stereocenters. The molecule has 0 saturated heterocycles. The van der Waals surface area contributed by atoms with Gasteiger partial charge in [0.05, 0.1) is 0 Å². The third-order valence-electron chi connectivity index (χ3n) is 4.40. The lowest BCUT2D eigenvalue weighted by atomic mass is 9.87. The summed E-state index contributed by atoms with van der Waals surface area (Å²) in [4.78, 5) is 9.33. The summed E-state index contributed by atoms with van der Waals surface area (Å²) in [6.07, 6.45) is 4.91. The molecule has 1 saturated carbocycles. The molecule has 0 aliphatic heterocycles. The first-order chi connectivity index (χ1) is 9.92. The first kappa shape index (κ1) is 16.1. The fraction of sp³-hybridized carbons (Fsp3) is 0.765. The van der Waals surface area contributed by atoms with Crippen LogP contribution >= 0.6 is 0 Å². The zero-order valence-electron chi connectivity index (χ0n) is 14.2. The van der Waals surface area contributed by atoms with Crippen molar-refractivity contribution in [3.8, 4) is 0 Å². The standard InChI is InChI=1S/C17H30N4/c1-6-10-18-14-11-15(21-16(20-14)12(2)3)19-13-8-7-9-17(13,4)5/h11-13H,6-10H2,1-5H3,(H2,18,19,20,21). The Morgan fingerprint density at radius 2 is 2.00 bits per heavy atom. The van der Waals surface area contributed by atoms with E-state index < -0.39 is 0 Å². The predicted molar refractivity (Wildman–Crippen MR) is 89.9 cm³/mol. The Bertz CT molecular complexity index is 468. The molecule has 21 heavy (non-hydrogen) atoms. The number of nitrogens with zero attached hydrogens (tertiary/aromatic N) is 2. The number of anilines is 2. The lowest BCUT2D eigenvalue weighted by Gasteiger charge is -2.28. The van der Waals surface area contributed by atoms with Gasteiger partial charge in [-0.05, 0) is 24.7 Å². The van der Waals surface area contributed by atoms with Gasteiger partial charge >= 0.3 is 0 Å². The molecule has 1 fully saturated rings. The van der Waals surface area contributed by atoms with Crippen molar-refractivity contribution in [2.75, 3.05) is 17.2 Å². The lowest BCUT2D eigenvalue weighted by Crippen LogP contribution is -2.31. The molecule has 0 bridgehead atoms. The molecular weight excluding hydrogens is 260 g/mol. The van der Waals surface area contributed by atoms with E-state index in [4.69, 9.17) is 4.98 Å². The molecular formula is C17H30N4. The number of aromatic nitrogens is 2. The average Bonchev–Trinajstić information content (AvgIpc) is 2.75. The topological polar surface area (TPSA) is 49.8 Å². The molecule has 4 nitrogen and oxygen atoms in total. The molecule has 0 aromatic carbocycles. The molecule has 1 heterocycles. The molecule has 0 amide bonds. The highest BCUT2D eigenvalue weighted by Crippen LogP contribution is 2.39. The minimum Gasteiger partial charge on any atom is -0.370 e. The second-order valence-corrected chi connectivity index (χ2v) is 7.16. The van der Waals surface area contributed by atoms with Crippen LogP contribution in [0.15, 0.2) is 6.07 Å². The van der Waals surface area contributed by atoms with Gasteiger partial charge in [-0.1, -0.05) is 41.0 Å². The number of rotatable bonds is 6. The molecule has 0 radical (unpaired) electrons. The van der Waals surface area contributed by atoms with Crippen LogP contribution in [-0.4, -0.2) is 22.6 Å². The Morgan fingerprint density at radius 1 is 1.29 bits per heavy atom. The van der Waals surface area contributed by atoms with Gasteiger partial charge in [0.15, 0.2) is 0 Å². The van der Waals surface area contributed by atoms with Crippen LogP contribution in [0, 0.1) is 5.41 Å². The van der Waals surface area contributed by atoms with Crippen LogP contribution in [0.2, 0.25) is 0 Å². The van der Waals surface area contributed by atoms with E-state index in [1.807, 2.05) is 0 Å². The fourth-order valence-corrected chi connectivity index (χ4v) is 2.91. The van der Waals surface area contributed by atoms with E-state index >= 15 is 0 Å². The molecule has 1 atom stereocenters. The lowest BCUT2D eigenvalue weighted by molar-refractivity contribution is 0.349. The van der Waals surface area contributed by atoms with Gasteiger partial charge in [-0.25, -0.2) is 9.97 Å². The van der Waals surface area contributed by atoms with Crippen molar-refractivity contribution in [3.63, 3.8) is 0 Å². The Hall–Kier alpha value is -1.32. The molecule has 118 valence electrons. The van der Waals surface area contributed by atoms with Gasteiger partial charge in [0.1, 0.15) is 17.5 Å². The van der Waals surface area contributed by atoms with Crippen LogP contribution in [0.5, 0.6) is 0 Å². The van der Waals surface area contributed by atoms with Crippen LogP contribution < -0.4 is 10.6 Å². The van der Waals surface area contributed by atoms with Crippen molar-refractivity contribution >= 4 is 11.6 Å². The maximum Gasteiger partial charge on any atom is 0.135 e. The Kier molecular flexibility index (Phi) is 5.07. The SMILES string of the molecule is CCCNc1cc(NC2CCCC2(C)C)nc(C(C)C)n1. The zero-order valence-corrected chi connectivity index (χ0v) is 14.2. The maximum atomic E-state index is 4.71. The van der Waals surface area contributed by atoms with Crippen LogP contribution in [-0.2, 0) is 0 Å². The van der Waals surface area contributed by atoms with Gasteiger partial charge in [0, 0.05) is 24.6 Å². The highest BCUT2D eigenvalue weighted by molar-refractivity contribution is 5.48. The van der Waals surface area contributed by atoms with E-state index in [1.165, 1.54) is 19.3 Å². The van der Waals surface area contributed by atoms with Gasteiger partial charge in [-0.3, -0.25) is 0 Å². The van der Waals surface area contributed by atoms with Crippen molar-refractivity contribution in [1.29, 1.82) is 0 Å². The average molecular weight is 290 g/mol. The quantitative estimate of drug-likeness (QED) is 0.814. The van der Waals surface area contributed by atoms with Crippen molar-refractivity contribution in [1.82, 2.24) is 9.97 Å². The Labute approximate surface area is 129 Å². The number of hydrogen-bond donors (Lipinski definition) is 2. The highest BCUT2D eigenvalue weighted by atomic mass is 15.1. The second kappa shape index (κ2) is 6.63. The predicted octanol–water partition coefficient (Wildman–Crippen LogP) is 4.41. The van der Waals surface area contributed by atoms with E-state index in [-0.39, 0.29) is 0 Å². The van der Waals surface area contributed by atoms with Crippen LogP contribution in [0.1, 0.15) is 72.0 Å². The first-order valence-electron chi connectivity index (χ1n) is 8.31. The minimum atomic E-state index is 0.338. The third kappa shape index (κ3) is 4.08. The third-order valence-corrected chi connectivity index (χ3v) is 4.40. The Balaban J connectivity index is 2.19. The normalized spacial score (nSPS) is 20.8. The summed E-state index contributed by atoms with van der Waals surface area (Å²) in [7, 11) is 0. The molecule has 1 aromatic heterocycles. The first-order valence-corrected chi connectivity index (χ1v) is 8.31. The smallest absolute Gasteiger partial charge is 0.135 e. The van der Waals surface area contributed by atoms with E-state index in [0.717, 1.165) is 30.4 Å². The summed E-state index contributed by atoms with van der Waals surface area (Å²) in [6.45, 7) is 12.1. The summed E-state index contributed by atoms with van der Waals surface area (Å²) in [5.41, 5.74) is 0.347. The molecule has 2 N–H and O–H groups in total. The maximum absolute atomic E-state index is 4.71. The number of hydrogen-bond acceptors (Lipinski definition) is 4. The molecule has 4 heteroatoms. The molecule has 2 rings (SSSR count). The minimum absolute atomic E-state index is 0.338. The summed E-state index contributed by atoms with van der Waals surface area (Å²) < 4.78 is 0. The molecule has 1 aromatic rings. The number of nitrogens with one attached hydrogen (secondary N) is 2. The van der Waals surface area contributed by atoms with Crippen molar-refractivity contribution in [3.05, 3.63) is 11.9 Å². The van der Waals surface area contributed by atoms with Crippen LogP contribution in [0.3, 0.4) is 0 Å². The second-order valence-electron chi connectivity index (χ2n) is 7.16. The molecule has 1 aliphatic rings. The Morgan fingerprint density at radius 3 is 2.57 bits per heavy atom. The van der Waals surface area contributed by atoms with E-state index in [9.17, 15) is 0 Å². The van der Waals surface area contributed by atoms with E-state index in [1.54, 1.807) is 0 Å². The van der Waals surface area contributed by atoms with Gasteiger partial charge in [-0.15, -0.1) is 0 Å². The van der Waals surface area contributed by atoms with Gasteiger partial charge < -0.3 is 10.6 Å². The summed E-state index contributed by atoms with van der Waals surface area (Å²) >= 11 is 0. The fourth-order valence-electron chi connectivity index (χ4n) is 2.91. The summed E-state index contributed by atoms with van der Waals surface area (Å²) in [6, 6.07) is 2.56. The van der Waals surface area contributed by atoms with Crippen LogP contribution in [0.25, 0.3) is 0 Å². The van der Waals surface area contributed by atoms with Gasteiger partial charge in [0.25, 0.3) is 0 Å². The summed E-state index contributed by atoms with van der Waals surface area (Å²) in [5, 5.41) is 7.04. The van der Waals surface area contributed by atoms with Crippen molar-refractivity contribution < 1.29 is 0 Å². The van der Waals surface area contributed by atoms with Crippen molar-refractivity contribution in [2.24, 2.45) is 5.41 Å². The monoisotopic (exact) mass is 290 g/mol. The van der Waals surface area contributed by atoms with E-state index in [0.29, 0.717) is 17.4 Å². The largest absolute Gasteiger partial charge is 0.370 e. The van der Waals surface area contributed by atoms with Crippen molar-refractivity contribution in [2.45, 2.75) is 72.3 Å². The van der Waals surface area contributed by atoms with Crippen LogP contribution in [0.4, 0.5) is 11.6 Å². The molecule has 1 aliphatic carbocycles. The van der Waals surface area contributed by atoms with Gasteiger partial charge in [0.2, 0.25) is 0 Å². The van der Waals surface area contributed by atoms with Gasteiger partial charge in [-0.2, -0.15) is 0 Å². The summed E-state index contributed by atoms with van der Waals surface area (Å²) in [5.74, 6) is 3.15. The highest BCUT2D eigenvalue weighted by Gasteiger charge is 2.34. The zero-order chi connectivity index (χ0) is 15.5. The van der Waals surface area contributed by atoms with E-state index in [2.05, 4.69) is 56.3 Å². The molecule has 0 spiro atoms.